The van der Waals surface area contributed by atoms with Crippen LogP contribution >= 0.6 is 11.8 Å². The summed E-state index contributed by atoms with van der Waals surface area (Å²) in [5.74, 6) is 1.49. The number of nitrogens with zero attached hydrogens (tertiary/aromatic N) is 1. The Hall–Kier alpha value is -3.07. The van der Waals surface area contributed by atoms with Crippen molar-refractivity contribution in [3.8, 4) is 11.5 Å². The van der Waals surface area contributed by atoms with Crippen LogP contribution in [0.3, 0.4) is 0 Å². The average molecular weight is 417 g/mol. The van der Waals surface area contributed by atoms with Gasteiger partial charge >= 0.3 is 0 Å². The zero-order valence-corrected chi connectivity index (χ0v) is 16.8. The predicted molar refractivity (Wildman–Crippen MR) is 110 cm³/mol. The Morgan fingerprint density at radius 2 is 1.93 bits per heavy atom. The molecule has 1 amide bonds. The van der Waals surface area contributed by atoms with Crippen molar-refractivity contribution in [3.63, 3.8) is 0 Å². The van der Waals surface area contributed by atoms with E-state index in [2.05, 4.69) is 15.3 Å². The zero-order valence-electron chi connectivity index (χ0n) is 16.0. The first kappa shape index (κ1) is 20.7. The van der Waals surface area contributed by atoms with E-state index >= 15 is 0 Å². The highest BCUT2D eigenvalue weighted by molar-refractivity contribution is 7.98. The molecule has 0 aliphatic heterocycles. The maximum atomic E-state index is 13.6. The minimum Gasteiger partial charge on any atom is -0.493 e. The molecule has 3 rings (SSSR count). The Balaban J connectivity index is 1.59. The van der Waals surface area contributed by atoms with Crippen LogP contribution in [-0.4, -0.2) is 42.4 Å². The van der Waals surface area contributed by atoms with Crippen LogP contribution in [0.4, 0.5) is 4.39 Å². The van der Waals surface area contributed by atoms with Crippen LogP contribution in [-0.2, 0) is 5.75 Å². The molecule has 29 heavy (non-hydrogen) atoms. The molecule has 3 aromatic rings. The third-order valence-electron chi connectivity index (χ3n) is 4.15. The normalized spacial score (nSPS) is 10.7. The number of aromatic nitrogens is 2. The van der Waals surface area contributed by atoms with E-state index in [0.29, 0.717) is 46.3 Å². The second-order valence-corrected chi connectivity index (χ2v) is 7.13. The van der Waals surface area contributed by atoms with Gasteiger partial charge in [-0.1, -0.05) is 12.1 Å². The van der Waals surface area contributed by atoms with Crippen LogP contribution in [0.1, 0.15) is 16.2 Å². The molecule has 7 nitrogen and oxygen atoms in total. The second-order valence-electron chi connectivity index (χ2n) is 6.03. The van der Waals surface area contributed by atoms with Gasteiger partial charge in [0.1, 0.15) is 11.6 Å². The van der Waals surface area contributed by atoms with E-state index in [1.54, 1.807) is 18.2 Å². The molecule has 0 saturated heterocycles. The zero-order chi connectivity index (χ0) is 20.8. The molecule has 9 heteroatoms. The average Bonchev–Trinajstić information content (AvgIpc) is 2.72. The van der Waals surface area contributed by atoms with E-state index in [1.807, 2.05) is 0 Å². The number of methoxy groups -OCH3 is 2. The maximum Gasteiger partial charge on any atom is 0.258 e. The highest BCUT2D eigenvalue weighted by Gasteiger charge is 2.12. The Labute approximate surface area is 170 Å². The molecule has 0 aliphatic rings. The van der Waals surface area contributed by atoms with Gasteiger partial charge in [0, 0.05) is 18.4 Å². The minimum absolute atomic E-state index is 0.0161. The number of rotatable bonds is 8. The number of carbonyl (C=O) groups excluding carboxylic acids is 1. The summed E-state index contributed by atoms with van der Waals surface area (Å²) in [5.41, 5.74) is 0.261. The first-order valence-corrected chi connectivity index (χ1v) is 9.94. The number of H-pyrrole nitrogens is 1. The Bertz CT molecular complexity index is 1090. The summed E-state index contributed by atoms with van der Waals surface area (Å²) in [6, 6.07) is 9.08. The molecule has 152 valence electrons. The van der Waals surface area contributed by atoms with Crippen LogP contribution in [0, 0.1) is 5.82 Å². The van der Waals surface area contributed by atoms with E-state index in [-0.39, 0.29) is 11.1 Å². The number of fused-ring (bicyclic) bond motifs is 1. The lowest BCUT2D eigenvalue weighted by atomic mass is 10.2. The van der Waals surface area contributed by atoms with Crippen molar-refractivity contribution in [2.24, 2.45) is 0 Å². The van der Waals surface area contributed by atoms with Gasteiger partial charge in [-0.25, -0.2) is 9.37 Å². The Morgan fingerprint density at radius 3 is 2.66 bits per heavy atom. The number of benzene rings is 2. The number of ether oxygens (including phenoxy) is 2. The summed E-state index contributed by atoms with van der Waals surface area (Å²) in [4.78, 5) is 31.5. The number of carbonyl (C=O) groups is 1. The fourth-order valence-electron chi connectivity index (χ4n) is 2.73. The van der Waals surface area contributed by atoms with Crippen LogP contribution < -0.4 is 20.3 Å². The maximum absolute atomic E-state index is 13.6. The minimum atomic E-state index is -0.553. The topological polar surface area (TPSA) is 93.3 Å². The molecule has 2 aromatic carbocycles. The highest BCUT2D eigenvalue weighted by Crippen LogP contribution is 2.30. The van der Waals surface area contributed by atoms with Gasteiger partial charge in [0.25, 0.3) is 11.5 Å². The monoisotopic (exact) mass is 417 g/mol. The Kier molecular flexibility index (Phi) is 6.71. The van der Waals surface area contributed by atoms with E-state index in [1.165, 1.54) is 44.2 Å². The van der Waals surface area contributed by atoms with E-state index < -0.39 is 11.7 Å². The summed E-state index contributed by atoms with van der Waals surface area (Å²) < 4.78 is 24.0. The summed E-state index contributed by atoms with van der Waals surface area (Å²) >= 11 is 1.49. The lowest BCUT2D eigenvalue weighted by Crippen LogP contribution is -2.26. The lowest BCUT2D eigenvalue weighted by Gasteiger charge is -2.09. The number of aromatic amines is 1. The summed E-state index contributed by atoms with van der Waals surface area (Å²) in [6.07, 6.45) is 0. The summed E-state index contributed by atoms with van der Waals surface area (Å²) in [5, 5.41) is 3.08. The van der Waals surface area contributed by atoms with Crippen molar-refractivity contribution in [2.45, 2.75) is 5.75 Å². The molecule has 0 saturated carbocycles. The van der Waals surface area contributed by atoms with Crippen LogP contribution in [0.25, 0.3) is 10.9 Å². The van der Waals surface area contributed by atoms with Gasteiger partial charge in [-0.15, -0.1) is 0 Å². The predicted octanol–water partition coefficient (Wildman–Crippen LogP) is 2.74. The third-order valence-corrected chi connectivity index (χ3v) is 5.12. The largest absolute Gasteiger partial charge is 0.493 e. The van der Waals surface area contributed by atoms with E-state index in [0.717, 1.165) is 0 Å². The second kappa shape index (κ2) is 9.42. The number of nitrogens with one attached hydrogen (secondary N) is 2. The molecule has 0 atom stereocenters. The van der Waals surface area contributed by atoms with Gasteiger partial charge < -0.3 is 19.8 Å². The fraction of sp³-hybridized carbons (Fsp3) is 0.250. The van der Waals surface area contributed by atoms with Gasteiger partial charge in [0.15, 0.2) is 11.5 Å². The molecular formula is C20H20FN3O4S. The Morgan fingerprint density at radius 1 is 1.21 bits per heavy atom. The first-order chi connectivity index (χ1) is 14.0. The molecule has 2 N–H and O–H groups in total. The van der Waals surface area contributed by atoms with Crippen molar-refractivity contribution in [1.82, 2.24) is 15.3 Å². The number of amides is 1. The van der Waals surface area contributed by atoms with Crippen LogP contribution in [0.5, 0.6) is 11.5 Å². The van der Waals surface area contributed by atoms with Gasteiger partial charge in [0.2, 0.25) is 0 Å². The van der Waals surface area contributed by atoms with Crippen molar-refractivity contribution in [1.29, 1.82) is 0 Å². The molecule has 0 aliphatic carbocycles. The molecule has 0 spiro atoms. The van der Waals surface area contributed by atoms with Crippen molar-refractivity contribution >= 4 is 28.6 Å². The number of halogens is 1. The van der Waals surface area contributed by atoms with Crippen molar-refractivity contribution in [3.05, 3.63) is 64.0 Å². The number of hydrogen-bond acceptors (Lipinski definition) is 6. The van der Waals surface area contributed by atoms with E-state index in [9.17, 15) is 14.0 Å². The molecule has 1 aromatic heterocycles. The van der Waals surface area contributed by atoms with Gasteiger partial charge in [0.05, 0.1) is 36.4 Å². The smallest absolute Gasteiger partial charge is 0.258 e. The number of thioether (sulfide) groups is 1. The third kappa shape index (κ3) is 4.86. The SMILES string of the molecule is COc1cc2nc(CSCCNC(=O)c3ccccc3F)[nH]c(=O)c2cc1OC. The van der Waals surface area contributed by atoms with Gasteiger partial charge in [-0.2, -0.15) is 11.8 Å². The van der Waals surface area contributed by atoms with Crippen LogP contribution in [0.2, 0.25) is 0 Å². The standard InChI is InChI=1S/C20H20FN3O4S/c1-27-16-9-13-15(10-17(16)28-2)23-18(24-20(13)26)11-29-8-7-22-19(25)12-5-3-4-6-14(12)21/h3-6,9-10H,7-8,11H2,1-2H3,(H,22,25)(H,23,24,26). The summed E-state index contributed by atoms with van der Waals surface area (Å²) in [7, 11) is 3.02. The number of hydrogen-bond donors (Lipinski definition) is 2. The lowest BCUT2D eigenvalue weighted by molar-refractivity contribution is 0.0952. The highest BCUT2D eigenvalue weighted by atomic mass is 32.2. The van der Waals surface area contributed by atoms with Gasteiger partial charge in [-0.05, 0) is 18.2 Å². The molecule has 1 heterocycles. The molecule has 0 unspecified atom stereocenters. The molecule has 0 fully saturated rings. The van der Waals surface area contributed by atoms with Crippen LogP contribution in [0.15, 0.2) is 41.2 Å². The summed E-state index contributed by atoms with van der Waals surface area (Å²) in [6.45, 7) is 0.362. The van der Waals surface area contributed by atoms with E-state index in [4.69, 9.17) is 9.47 Å². The molecular weight excluding hydrogens is 397 g/mol. The molecule has 0 radical (unpaired) electrons. The van der Waals surface area contributed by atoms with Crippen molar-refractivity contribution < 1.29 is 18.7 Å². The molecule has 0 bridgehead atoms. The first-order valence-electron chi connectivity index (χ1n) is 8.79. The van der Waals surface area contributed by atoms with Gasteiger partial charge in [-0.3, -0.25) is 9.59 Å². The fourth-order valence-corrected chi connectivity index (χ4v) is 3.45. The van der Waals surface area contributed by atoms with Crippen molar-refractivity contribution in [2.75, 3.05) is 26.5 Å². The quantitative estimate of drug-likeness (QED) is 0.548.